The molecule has 0 aliphatic carbocycles. The minimum Gasteiger partial charge on any atom is -0.218 e. The van der Waals surface area contributed by atoms with Gasteiger partial charge >= 0.3 is 0 Å². The second kappa shape index (κ2) is 2.94. The third kappa shape index (κ3) is 6.78. The Hall–Kier alpha value is 0.780. The van der Waals surface area contributed by atoms with Crippen LogP contribution in [0.15, 0.2) is 0 Å². The Morgan fingerprint density at radius 1 is 1.71 bits per heavy atom. The fraction of sp³-hybridized carbons (Fsp3) is 1.00. The lowest BCUT2D eigenvalue weighted by Crippen LogP contribution is -1.85. The van der Waals surface area contributed by atoms with Crippen LogP contribution in [-0.2, 0) is 8.87 Å². The van der Waals surface area contributed by atoms with Crippen molar-refractivity contribution in [1.29, 1.82) is 0 Å². The molecule has 0 unspecified atom stereocenters. The highest BCUT2D eigenvalue weighted by atomic mass is 79.9. The quantitative estimate of drug-likeness (QED) is 0.498. The van der Waals surface area contributed by atoms with Crippen molar-refractivity contribution in [2.75, 3.05) is 10.9 Å². The molecule has 0 rings (SSSR count). The first-order chi connectivity index (χ1) is 3.06. The molecule has 2 nitrogen and oxygen atoms in total. The van der Waals surface area contributed by atoms with Crippen LogP contribution >= 0.6 is 26.7 Å². The van der Waals surface area contributed by atoms with Gasteiger partial charge in [0.2, 0.25) is 0 Å². The molecule has 0 aromatic carbocycles. The summed E-state index contributed by atoms with van der Waals surface area (Å²) in [6.45, 7) is 0. The molecule has 0 radical (unpaired) electrons. The van der Waals surface area contributed by atoms with Crippen LogP contribution in [0.4, 0.5) is 0 Å². The summed E-state index contributed by atoms with van der Waals surface area (Å²) in [5.41, 5.74) is 0. The maximum atomic E-state index is 10.2. The molecule has 7 heavy (non-hydrogen) atoms. The summed E-state index contributed by atoms with van der Waals surface area (Å²) in [7, 11) is -1.93. The summed E-state index contributed by atoms with van der Waals surface area (Å²) in [5.74, 6) is 0. The molecule has 44 valence electrons. The molecule has 0 aliphatic heterocycles. The lowest BCUT2D eigenvalue weighted by Gasteiger charge is -1.85. The highest BCUT2D eigenvalue weighted by molar-refractivity contribution is 9.12. The van der Waals surface area contributed by atoms with Crippen molar-refractivity contribution < 1.29 is 8.42 Å². The summed E-state index contributed by atoms with van der Waals surface area (Å²) in [6, 6.07) is 0. The van der Waals surface area contributed by atoms with Crippen LogP contribution in [0.2, 0.25) is 0 Å². The zero-order valence-electron chi connectivity index (χ0n) is 3.72. The van der Waals surface area contributed by atoms with Gasteiger partial charge in [0.15, 0.2) is 8.87 Å². The Bertz CT molecular complexity index is 127. The van der Waals surface area contributed by atoms with E-state index in [1.807, 2.05) is 0 Å². The molecule has 0 N–H and O–H groups in total. The van der Waals surface area contributed by atoms with Crippen molar-refractivity contribution in [2.24, 2.45) is 0 Å². The Kier molecular flexibility index (Phi) is 3.27. The van der Waals surface area contributed by atoms with E-state index in [4.69, 9.17) is 0 Å². The van der Waals surface area contributed by atoms with Gasteiger partial charge in [0, 0.05) is 6.26 Å². The molecule has 0 amide bonds. The molecule has 0 aromatic rings. The molecular weight excluding hydrogens is 200 g/mol. The van der Waals surface area contributed by atoms with Crippen LogP contribution in [0.3, 0.4) is 0 Å². The number of halogens is 1. The second-order valence-corrected chi connectivity index (χ2v) is 6.69. The standard InChI is InChI=1S/C2H5BrO2S2/c1-7(4,5)6-2-3/h2H2,1H3. The predicted molar refractivity (Wildman–Crippen MR) is 36.2 cm³/mol. The first kappa shape index (κ1) is 7.78. The van der Waals surface area contributed by atoms with E-state index in [-0.39, 0.29) is 0 Å². The van der Waals surface area contributed by atoms with Gasteiger partial charge in [0.25, 0.3) is 0 Å². The molecule has 0 atom stereocenters. The van der Waals surface area contributed by atoms with E-state index in [1.54, 1.807) is 0 Å². The molecule has 0 heterocycles. The number of rotatable bonds is 2. The summed E-state index contributed by atoms with van der Waals surface area (Å²) >= 11 is 2.97. The minimum absolute atomic E-state index is 0.450. The SMILES string of the molecule is CS(=O)(=O)SCBr. The van der Waals surface area contributed by atoms with E-state index < -0.39 is 8.87 Å². The maximum absolute atomic E-state index is 10.2. The molecule has 0 aliphatic rings. The maximum Gasteiger partial charge on any atom is 0.199 e. The Morgan fingerprint density at radius 3 is 2.14 bits per heavy atom. The van der Waals surface area contributed by atoms with Gasteiger partial charge in [-0.1, -0.05) is 15.9 Å². The van der Waals surface area contributed by atoms with Gasteiger partial charge in [-0.3, -0.25) is 0 Å². The molecule has 0 saturated carbocycles. The van der Waals surface area contributed by atoms with Crippen LogP contribution in [0, 0.1) is 0 Å². The number of hydrogen-bond donors (Lipinski definition) is 0. The van der Waals surface area contributed by atoms with Crippen molar-refractivity contribution in [3.63, 3.8) is 0 Å². The highest BCUT2D eigenvalue weighted by Crippen LogP contribution is 2.11. The topological polar surface area (TPSA) is 34.1 Å². The van der Waals surface area contributed by atoms with Crippen LogP contribution in [-0.4, -0.2) is 19.3 Å². The molecule has 0 saturated heterocycles. The third-order valence-electron chi connectivity index (χ3n) is 0.259. The van der Waals surface area contributed by atoms with Gasteiger partial charge in [0.1, 0.15) is 0 Å². The van der Waals surface area contributed by atoms with Crippen molar-refractivity contribution >= 4 is 35.6 Å². The molecule has 0 fully saturated rings. The van der Waals surface area contributed by atoms with Crippen molar-refractivity contribution in [1.82, 2.24) is 0 Å². The van der Waals surface area contributed by atoms with Crippen LogP contribution in [0.1, 0.15) is 0 Å². The van der Waals surface area contributed by atoms with Gasteiger partial charge in [-0.15, -0.1) is 0 Å². The van der Waals surface area contributed by atoms with Crippen molar-refractivity contribution in [3.8, 4) is 0 Å². The first-order valence-corrected chi connectivity index (χ1v) is 5.98. The van der Waals surface area contributed by atoms with Gasteiger partial charge in [0.05, 0.1) is 4.66 Å². The zero-order valence-corrected chi connectivity index (χ0v) is 6.94. The molecule has 0 aromatic heterocycles. The summed E-state index contributed by atoms with van der Waals surface area (Å²) in [5, 5.41) is 0. The lowest BCUT2D eigenvalue weighted by atomic mass is 11.9. The zero-order chi connectivity index (χ0) is 5.91. The van der Waals surface area contributed by atoms with Crippen molar-refractivity contribution in [3.05, 3.63) is 0 Å². The fourth-order valence-corrected chi connectivity index (χ4v) is 3.78. The van der Waals surface area contributed by atoms with E-state index in [9.17, 15) is 8.42 Å². The molecule has 0 spiro atoms. The van der Waals surface area contributed by atoms with Gasteiger partial charge in [-0.05, 0) is 10.8 Å². The first-order valence-electron chi connectivity index (χ1n) is 1.46. The van der Waals surface area contributed by atoms with Crippen LogP contribution in [0.5, 0.6) is 0 Å². The largest absolute Gasteiger partial charge is 0.218 e. The van der Waals surface area contributed by atoms with Gasteiger partial charge in [-0.2, -0.15) is 0 Å². The summed E-state index contributed by atoms with van der Waals surface area (Å²) in [4.78, 5) is 0. The Balaban J connectivity index is 3.60. The minimum atomic E-state index is -2.80. The summed E-state index contributed by atoms with van der Waals surface area (Å²) in [6.07, 6.45) is 1.18. The molecular formula is C2H5BrO2S2. The lowest BCUT2D eigenvalue weighted by molar-refractivity contribution is 0.615. The van der Waals surface area contributed by atoms with E-state index >= 15 is 0 Å². The Labute approximate surface area is 55.1 Å². The van der Waals surface area contributed by atoms with Crippen LogP contribution in [0.25, 0.3) is 0 Å². The van der Waals surface area contributed by atoms with E-state index in [1.165, 1.54) is 6.26 Å². The smallest absolute Gasteiger partial charge is 0.199 e. The fourth-order valence-electron chi connectivity index (χ4n) is 0.0809. The summed E-state index contributed by atoms with van der Waals surface area (Å²) < 4.78 is 20.8. The van der Waals surface area contributed by atoms with E-state index in [0.717, 1.165) is 10.8 Å². The predicted octanol–water partition coefficient (Wildman–Crippen LogP) is 1.03. The third-order valence-corrected chi connectivity index (χ3v) is 4.01. The second-order valence-electron chi connectivity index (χ2n) is 0.931. The monoisotopic (exact) mass is 204 g/mol. The van der Waals surface area contributed by atoms with E-state index in [2.05, 4.69) is 15.9 Å². The van der Waals surface area contributed by atoms with Gasteiger partial charge < -0.3 is 0 Å². The van der Waals surface area contributed by atoms with Crippen molar-refractivity contribution in [2.45, 2.75) is 0 Å². The number of hydrogen-bond acceptors (Lipinski definition) is 3. The Morgan fingerprint density at radius 2 is 2.14 bits per heavy atom. The van der Waals surface area contributed by atoms with Crippen LogP contribution < -0.4 is 0 Å². The number of alkyl halides is 1. The van der Waals surface area contributed by atoms with Gasteiger partial charge in [-0.25, -0.2) is 8.42 Å². The average Bonchev–Trinajstić information content (AvgIpc) is 1.30. The normalized spacial score (nSPS) is 11.7. The molecule has 0 bridgehead atoms. The average molecular weight is 205 g/mol. The highest BCUT2D eigenvalue weighted by Gasteiger charge is 1.97. The van der Waals surface area contributed by atoms with E-state index in [0.29, 0.717) is 4.66 Å². The molecule has 5 heteroatoms.